The number of hydrogen-bond acceptors (Lipinski definition) is 2. The fraction of sp³-hybridized carbons (Fsp3) is 1.00. The Kier molecular flexibility index (Phi) is 57.1. The van der Waals surface area contributed by atoms with Crippen LogP contribution in [0, 0.1) is 0 Å². The minimum Gasteiger partial charge on any atom is -0.854 e. The van der Waals surface area contributed by atoms with E-state index < -0.39 is 0 Å². The van der Waals surface area contributed by atoms with Crippen molar-refractivity contribution in [3.8, 4) is 0 Å². The minimum absolute atomic E-state index is 0. The van der Waals surface area contributed by atoms with Crippen LogP contribution in [0.15, 0.2) is 0 Å². The van der Waals surface area contributed by atoms with Crippen LogP contribution in [0.5, 0.6) is 0 Å². The van der Waals surface area contributed by atoms with Gasteiger partial charge in [-0.1, -0.05) is 12.8 Å². The first-order valence-corrected chi connectivity index (χ1v) is 3.28. The molecule has 4 nitrogen and oxygen atoms in total. The van der Waals surface area contributed by atoms with Gasteiger partial charge in [0, 0.05) is 0 Å². The first-order chi connectivity index (χ1) is 4.83. The number of rotatable bonds is 4. The summed E-state index contributed by atoms with van der Waals surface area (Å²) in [6.45, 7) is 0.375. The molecular weight excluding hydrogens is 259 g/mol. The zero-order valence-electron chi connectivity index (χ0n) is 6.66. The van der Waals surface area contributed by atoms with Gasteiger partial charge in [0.15, 0.2) is 0 Å². The molecule has 0 atom stereocenters. The average molecular weight is 273 g/mol. The molecule has 0 aliphatic rings. The summed E-state index contributed by atoms with van der Waals surface area (Å²) in [5.41, 5.74) is 12.8. The third-order valence-electron chi connectivity index (χ3n) is 0.642. The van der Waals surface area contributed by atoms with Crippen molar-refractivity contribution < 1.29 is 44.4 Å². The van der Waals surface area contributed by atoms with Crippen molar-refractivity contribution in [1.29, 1.82) is 0 Å². The van der Waals surface area contributed by atoms with E-state index in [1.807, 2.05) is 0 Å². The van der Waals surface area contributed by atoms with Gasteiger partial charge in [0.1, 0.15) is 0 Å². The Morgan fingerprint density at radius 3 is 1.00 bits per heavy atom. The Bertz CT molecular complexity index is 42.5. The van der Waals surface area contributed by atoms with Gasteiger partial charge in [0.05, 0.1) is 0 Å². The molecule has 0 aliphatic carbocycles. The van der Waals surface area contributed by atoms with Crippen molar-refractivity contribution in [1.82, 2.24) is 0 Å². The van der Waals surface area contributed by atoms with E-state index in [-0.39, 0.29) is 60.4 Å². The Morgan fingerprint density at radius 2 is 1.00 bits per heavy atom. The Balaban J connectivity index is -0.0000000457. The Hall–Kier alpha value is 0.879. The summed E-state index contributed by atoms with van der Waals surface area (Å²) in [5.74, 6) is 0. The van der Waals surface area contributed by atoms with Crippen LogP contribution in [-0.2, 0) is 34.1 Å². The van der Waals surface area contributed by atoms with Gasteiger partial charge in [0.2, 0.25) is 0 Å². The van der Waals surface area contributed by atoms with Gasteiger partial charge in [-0.3, -0.25) is 0 Å². The van der Waals surface area contributed by atoms with Gasteiger partial charge in [-0.25, -0.2) is 0 Å². The molecule has 0 radical (unpaired) electrons. The molecular formula is C6H14Cu2N2O2-2. The monoisotopic (exact) mass is 272 g/mol. The van der Waals surface area contributed by atoms with E-state index in [0.717, 1.165) is 0 Å². The molecule has 0 aromatic heterocycles. The summed E-state index contributed by atoms with van der Waals surface area (Å²) >= 11 is 0. The SMILES string of the molecule is [Cu+].[Cu+].[NH-]CCC[O-].[NH-]CCC[O-]. The van der Waals surface area contributed by atoms with Gasteiger partial charge < -0.3 is 21.7 Å². The van der Waals surface area contributed by atoms with E-state index in [4.69, 9.17) is 11.5 Å². The first-order valence-electron chi connectivity index (χ1n) is 3.28. The quantitative estimate of drug-likeness (QED) is 0.650. The normalized spacial score (nSPS) is 7.00. The molecule has 2 N–H and O–H groups in total. The topological polar surface area (TPSA) is 93.7 Å². The molecule has 0 saturated heterocycles. The number of hydrogen-bond donors (Lipinski definition) is 0. The van der Waals surface area contributed by atoms with E-state index in [1.165, 1.54) is 0 Å². The molecule has 0 saturated carbocycles. The molecule has 0 amide bonds. The summed E-state index contributed by atoms with van der Waals surface area (Å²) in [4.78, 5) is 0. The molecule has 84 valence electrons. The maximum absolute atomic E-state index is 9.41. The fourth-order valence-electron chi connectivity index (χ4n) is 0.144. The van der Waals surface area contributed by atoms with Crippen LogP contribution in [-0.4, -0.2) is 26.3 Å². The van der Waals surface area contributed by atoms with Gasteiger partial charge in [-0.15, -0.1) is 13.2 Å². The molecule has 6 heteroatoms. The molecule has 0 aromatic rings. The van der Waals surface area contributed by atoms with Crippen LogP contribution in [0.2, 0.25) is 0 Å². The second kappa shape index (κ2) is 29.7. The Morgan fingerprint density at radius 1 is 0.750 bits per heavy atom. The van der Waals surface area contributed by atoms with E-state index in [9.17, 15) is 10.2 Å². The summed E-state index contributed by atoms with van der Waals surface area (Å²) in [6.07, 6.45) is 1.00. The molecule has 0 aliphatic heterocycles. The molecule has 0 unspecified atom stereocenters. The van der Waals surface area contributed by atoms with Crippen LogP contribution in [0.1, 0.15) is 12.8 Å². The van der Waals surface area contributed by atoms with Crippen LogP contribution >= 0.6 is 0 Å². The van der Waals surface area contributed by atoms with Crippen molar-refractivity contribution in [3.63, 3.8) is 0 Å². The molecule has 0 aromatic carbocycles. The standard InChI is InChI=1S/2C3H7NO.2Cu/c2*4-2-1-3-5;;/h2*4H,1-3H2;;/q2*-2;2*+1. The van der Waals surface area contributed by atoms with Crippen LogP contribution in [0.25, 0.3) is 11.5 Å². The van der Waals surface area contributed by atoms with E-state index in [0.29, 0.717) is 12.8 Å². The van der Waals surface area contributed by atoms with Crippen molar-refractivity contribution in [3.05, 3.63) is 11.5 Å². The first kappa shape index (κ1) is 23.1. The summed E-state index contributed by atoms with van der Waals surface area (Å²) in [5, 5.41) is 18.8. The predicted octanol–water partition coefficient (Wildman–Crippen LogP) is -0.427. The maximum atomic E-state index is 9.41. The van der Waals surface area contributed by atoms with Crippen molar-refractivity contribution >= 4 is 0 Å². The third-order valence-corrected chi connectivity index (χ3v) is 0.642. The second-order valence-corrected chi connectivity index (χ2v) is 1.62. The van der Waals surface area contributed by atoms with Crippen LogP contribution in [0.4, 0.5) is 0 Å². The predicted molar refractivity (Wildman–Crippen MR) is 37.3 cm³/mol. The minimum atomic E-state index is -0.0938. The Labute approximate surface area is 95.0 Å². The zero-order valence-corrected chi connectivity index (χ0v) is 8.55. The summed E-state index contributed by atoms with van der Waals surface area (Å²) in [6, 6.07) is 0. The molecule has 0 fully saturated rings. The van der Waals surface area contributed by atoms with Gasteiger partial charge in [-0.2, -0.15) is 13.1 Å². The second-order valence-electron chi connectivity index (χ2n) is 1.62. The smallest absolute Gasteiger partial charge is 0.854 e. The van der Waals surface area contributed by atoms with Crippen molar-refractivity contribution in [2.75, 3.05) is 26.3 Å². The van der Waals surface area contributed by atoms with E-state index in [1.54, 1.807) is 0 Å². The molecule has 0 spiro atoms. The molecule has 0 heterocycles. The largest absolute Gasteiger partial charge is 1.00 e. The molecule has 0 bridgehead atoms. The maximum Gasteiger partial charge on any atom is 1.00 e. The third kappa shape index (κ3) is 44.6. The van der Waals surface area contributed by atoms with E-state index in [2.05, 4.69) is 0 Å². The molecule has 0 rings (SSSR count). The average Bonchev–Trinajstić information content (AvgIpc) is 1.93. The summed E-state index contributed by atoms with van der Waals surface area (Å²) < 4.78 is 0. The van der Waals surface area contributed by atoms with Crippen LogP contribution < -0.4 is 10.2 Å². The number of nitrogens with one attached hydrogen (secondary N) is 2. The van der Waals surface area contributed by atoms with Gasteiger partial charge >= 0.3 is 34.1 Å². The summed E-state index contributed by atoms with van der Waals surface area (Å²) in [7, 11) is 0. The molecule has 12 heavy (non-hydrogen) atoms. The van der Waals surface area contributed by atoms with E-state index >= 15 is 0 Å². The zero-order chi connectivity index (χ0) is 8.24. The van der Waals surface area contributed by atoms with Crippen LogP contribution in [0.3, 0.4) is 0 Å². The van der Waals surface area contributed by atoms with Crippen molar-refractivity contribution in [2.45, 2.75) is 12.8 Å². The van der Waals surface area contributed by atoms with Gasteiger partial charge in [0.25, 0.3) is 0 Å². The van der Waals surface area contributed by atoms with Crippen molar-refractivity contribution in [2.24, 2.45) is 0 Å². The van der Waals surface area contributed by atoms with Gasteiger partial charge in [-0.05, 0) is 0 Å². The fourth-order valence-corrected chi connectivity index (χ4v) is 0.144.